The van der Waals surface area contributed by atoms with E-state index in [0.29, 0.717) is 17.1 Å². The summed E-state index contributed by atoms with van der Waals surface area (Å²) in [6.07, 6.45) is 1.83. The number of benzene rings is 1. The predicted octanol–water partition coefficient (Wildman–Crippen LogP) is 5.34. The molecule has 0 saturated heterocycles. The van der Waals surface area contributed by atoms with Crippen LogP contribution >= 0.6 is 11.6 Å². The fourth-order valence-electron chi connectivity index (χ4n) is 2.62. The van der Waals surface area contributed by atoms with E-state index in [1.54, 1.807) is 19.1 Å². The first-order chi connectivity index (χ1) is 11.3. The highest BCUT2D eigenvalue weighted by Gasteiger charge is 2.19. The van der Waals surface area contributed by atoms with E-state index in [4.69, 9.17) is 11.6 Å². The standard InChI is InChI=1S/C16H16FN3.C3H5Cl/c1-10-11(2)20-12(3)18-8-13(20)9-19-16(10)14-6-4-5-7-15(14)17;1-3(2)4/h4-8H,9H2,1-3H3;1H2,2H3. The lowest BCUT2D eigenvalue weighted by Crippen LogP contribution is -2.08. The smallest absolute Gasteiger partial charge is 0.132 e. The van der Waals surface area contributed by atoms with Crippen LogP contribution < -0.4 is 0 Å². The van der Waals surface area contributed by atoms with Crippen molar-refractivity contribution in [3.63, 3.8) is 0 Å². The molecule has 1 aromatic heterocycles. The SMILES string of the molecule is C=C(C)Cl.CC1=C(C)n2c(cnc2C)CN=C1c1ccccc1F. The van der Waals surface area contributed by atoms with Crippen LogP contribution in [-0.4, -0.2) is 15.3 Å². The molecule has 3 rings (SSSR count). The number of imidazole rings is 1. The van der Waals surface area contributed by atoms with E-state index in [0.717, 1.165) is 28.5 Å². The molecular weight excluding hydrogens is 325 g/mol. The van der Waals surface area contributed by atoms with Gasteiger partial charge in [-0.3, -0.25) is 4.99 Å². The Balaban J connectivity index is 0.000000471. The van der Waals surface area contributed by atoms with E-state index >= 15 is 0 Å². The summed E-state index contributed by atoms with van der Waals surface area (Å²) in [5, 5.41) is 0.639. The Morgan fingerprint density at radius 2 is 1.88 bits per heavy atom. The summed E-state index contributed by atoms with van der Waals surface area (Å²) >= 11 is 5.08. The Labute approximate surface area is 147 Å². The highest BCUT2D eigenvalue weighted by molar-refractivity contribution is 6.28. The normalized spacial score (nSPS) is 13.5. The summed E-state index contributed by atoms with van der Waals surface area (Å²) in [6.45, 7) is 11.5. The average Bonchev–Trinajstić information content (AvgIpc) is 2.82. The number of aliphatic imine (C=N–C) groups is 1. The van der Waals surface area contributed by atoms with Gasteiger partial charge in [0.1, 0.15) is 11.6 Å². The number of allylic oxidation sites excluding steroid dienone is 3. The van der Waals surface area contributed by atoms with Gasteiger partial charge in [0, 0.05) is 16.3 Å². The first-order valence-electron chi connectivity index (χ1n) is 7.64. The molecule has 0 unspecified atom stereocenters. The van der Waals surface area contributed by atoms with Crippen LogP contribution in [-0.2, 0) is 6.54 Å². The number of halogens is 2. The highest BCUT2D eigenvalue weighted by Crippen LogP contribution is 2.25. The van der Waals surface area contributed by atoms with Gasteiger partial charge in [-0.2, -0.15) is 0 Å². The van der Waals surface area contributed by atoms with Crippen LogP contribution in [0.25, 0.3) is 5.70 Å². The number of hydrogen-bond donors (Lipinski definition) is 0. The van der Waals surface area contributed by atoms with E-state index in [1.807, 2.05) is 33.0 Å². The Morgan fingerprint density at radius 1 is 1.25 bits per heavy atom. The van der Waals surface area contributed by atoms with Crippen LogP contribution in [0, 0.1) is 12.7 Å². The molecule has 2 aromatic rings. The van der Waals surface area contributed by atoms with Crippen molar-refractivity contribution in [3.05, 3.63) is 70.5 Å². The minimum absolute atomic E-state index is 0.236. The first kappa shape index (κ1) is 18.1. The molecule has 0 saturated carbocycles. The van der Waals surface area contributed by atoms with E-state index < -0.39 is 0 Å². The van der Waals surface area contributed by atoms with Gasteiger partial charge in [-0.15, -0.1) is 0 Å². The Kier molecular flexibility index (Phi) is 5.73. The Morgan fingerprint density at radius 3 is 2.50 bits per heavy atom. The van der Waals surface area contributed by atoms with Crippen LogP contribution in [0.4, 0.5) is 4.39 Å². The summed E-state index contributed by atoms with van der Waals surface area (Å²) in [7, 11) is 0. The molecule has 24 heavy (non-hydrogen) atoms. The zero-order valence-corrected chi connectivity index (χ0v) is 15.2. The van der Waals surface area contributed by atoms with Crippen molar-refractivity contribution in [2.75, 3.05) is 0 Å². The van der Waals surface area contributed by atoms with Gasteiger partial charge in [-0.1, -0.05) is 30.3 Å². The van der Waals surface area contributed by atoms with Crippen LogP contribution in [0.1, 0.15) is 37.9 Å². The molecule has 0 spiro atoms. The molecular formula is C19H21ClFN3. The van der Waals surface area contributed by atoms with Gasteiger partial charge in [0.15, 0.2) is 0 Å². The molecule has 0 radical (unpaired) electrons. The predicted molar refractivity (Wildman–Crippen MR) is 98.8 cm³/mol. The fourth-order valence-corrected chi connectivity index (χ4v) is 2.62. The average molecular weight is 346 g/mol. The third-order valence-electron chi connectivity index (χ3n) is 3.77. The monoisotopic (exact) mass is 345 g/mol. The number of hydrogen-bond acceptors (Lipinski definition) is 2. The largest absolute Gasteiger partial charge is 0.303 e. The van der Waals surface area contributed by atoms with E-state index in [2.05, 4.69) is 21.1 Å². The number of nitrogens with zero attached hydrogens (tertiary/aromatic N) is 3. The maximum absolute atomic E-state index is 14.0. The molecule has 5 heteroatoms. The van der Waals surface area contributed by atoms with Gasteiger partial charge < -0.3 is 4.57 Å². The lowest BCUT2D eigenvalue weighted by Gasteiger charge is -2.12. The first-order valence-corrected chi connectivity index (χ1v) is 8.02. The molecule has 0 aliphatic carbocycles. The summed E-state index contributed by atoms with van der Waals surface area (Å²) in [4.78, 5) is 8.92. The van der Waals surface area contributed by atoms with Crippen LogP contribution in [0.2, 0.25) is 0 Å². The molecule has 1 aliphatic rings. The van der Waals surface area contributed by atoms with Crippen molar-refractivity contribution in [2.45, 2.75) is 34.2 Å². The van der Waals surface area contributed by atoms with Crippen molar-refractivity contribution < 1.29 is 4.39 Å². The number of rotatable bonds is 1. The Bertz CT molecular complexity index is 827. The number of aryl methyl sites for hydroxylation is 1. The maximum Gasteiger partial charge on any atom is 0.132 e. The second-order valence-electron chi connectivity index (χ2n) is 5.66. The molecule has 3 nitrogen and oxygen atoms in total. The molecule has 0 amide bonds. The van der Waals surface area contributed by atoms with E-state index in [9.17, 15) is 4.39 Å². The molecule has 0 atom stereocenters. The summed E-state index contributed by atoms with van der Waals surface area (Å²) in [5.74, 6) is 0.696. The van der Waals surface area contributed by atoms with Gasteiger partial charge in [-0.05, 0) is 45.4 Å². The van der Waals surface area contributed by atoms with Gasteiger partial charge in [0.05, 0.1) is 24.1 Å². The van der Waals surface area contributed by atoms with Crippen molar-refractivity contribution in [1.29, 1.82) is 0 Å². The number of fused-ring (bicyclic) bond motifs is 1. The summed E-state index contributed by atoms with van der Waals surface area (Å²) in [5.41, 5.74) is 4.35. The minimum Gasteiger partial charge on any atom is -0.303 e. The van der Waals surface area contributed by atoms with Gasteiger partial charge >= 0.3 is 0 Å². The quantitative estimate of drug-likeness (QED) is 0.685. The van der Waals surface area contributed by atoms with Crippen molar-refractivity contribution in [1.82, 2.24) is 9.55 Å². The Hall–Kier alpha value is -2.20. The van der Waals surface area contributed by atoms with Crippen molar-refractivity contribution >= 4 is 23.0 Å². The lowest BCUT2D eigenvalue weighted by molar-refractivity contribution is 0.625. The lowest BCUT2D eigenvalue weighted by atomic mass is 10.0. The zero-order chi connectivity index (χ0) is 17.9. The summed E-state index contributed by atoms with van der Waals surface area (Å²) < 4.78 is 16.1. The molecule has 0 bridgehead atoms. The topological polar surface area (TPSA) is 30.2 Å². The molecule has 1 aliphatic heterocycles. The third kappa shape index (κ3) is 3.82. The second kappa shape index (κ2) is 7.58. The van der Waals surface area contributed by atoms with Crippen molar-refractivity contribution in [3.8, 4) is 0 Å². The van der Waals surface area contributed by atoms with Crippen molar-refractivity contribution in [2.24, 2.45) is 4.99 Å². The molecule has 0 N–H and O–H groups in total. The van der Waals surface area contributed by atoms with Crippen LogP contribution in [0.5, 0.6) is 0 Å². The maximum atomic E-state index is 14.0. The minimum atomic E-state index is -0.236. The van der Waals surface area contributed by atoms with Crippen LogP contribution in [0.15, 0.2) is 52.6 Å². The van der Waals surface area contributed by atoms with Gasteiger partial charge in [0.2, 0.25) is 0 Å². The van der Waals surface area contributed by atoms with Crippen LogP contribution in [0.3, 0.4) is 0 Å². The molecule has 126 valence electrons. The van der Waals surface area contributed by atoms with Gasteiger partial charge in [-0.25, -0.2) is 9.37 Å². The molecule has 2 heterocycles. The van der Waals surface area contributed by atoms with Gasteiger partial charge in [0.25, 0.3) is 0 Å². The number of aromatic nitrogens is 2. The fraction of sp³-hybridized carbons (Fsp3) is 0.263. The molecule has 1 aromatic carbocycles. The zero-order valence-electron chi connectivity index (χ0n) is 14.4. The highest BCUT2D eigenvalue weighted by atomic mass is 35.5. The molecule has 0 fully saturated rings. The summed E-state index contributed by atoms with van der Waals surface area (Å²) in [6, 6.07) is 6.77. The third-order valence-corrected chi connectivity index (χ3v) is 3.77. The van der Waals surface area contributed by atoms with E-state index in [1.165, 1.54) is 6.07 Å². The van der Waals surface area contributed by atoms with E-state index in [-0.39, 0.29) is 5.82 Å². The second-order valence-corrected chi connectivity index (χ2v) is 6.31.